The lowest BCUT2D eigenvalue weighted by molar-refractivity contribution is -0.114. The van der Waals surface area contributed by atoms with E-state index in [0.29, 0.717) is 21.7 Å². The van der Waals surface area contributed by atoms with Crippen molar-refractivity contribution in [2.75, 3.05) is 6.61 Å². The molecule has 2 aliphatic heterocycles. The van der Waals surface area contributed by atoms with Gasteiger partial charge in [0, 0.05) is 5.56 Å². The fraction of sp³-hybridized carbons (Fsp3) is 0.0435. The van der Waals surface area contributed by atoms with Crippen LogP contribution in [-0.2, 0) is 4.79 Å². The van der Waals surface area contributed by atoms with Crippen LogP contribution in [0.15, 0.2) is 92.9 Å². The van der Waals surface area contributed by atoms with Crippen LogP contribution < -0.4 is 4.74 Å². The number of carbonyl (C=O) groups is 1. The highest BCUT2D eigenvalue weighted by Crippen LogP contribution is 2.29. The molecular formula is C23H16N4O3S. The zero-order valence-corrected chi connectivity index (χ0v) is 17.0. The molecule has 1 aromatic heterocycles. The lowest BCUT2D eigenvalue weighted by atomic mass is 10.1. The molecule has 0 fully saturated rings. The molecule has 1 N–H and O–H groups in total. The number of hydrazone groups is 1. The molecule has 8 heteroatoms. The van der Waals surface area contributed by atoms with Crippen molar-refractivity contribution in [2.24, 2.45) is 10.1 Å². The van der Waals surface area contributed by atoms with Gasteiger partial charge in [0.1, 0.15) is 28.9 Å². The number of amides is 1. The number of nitrogens with zero attached hydrogens (tertiary/aromatic N) is 3. The summed E-state index contributed by atoms with van der Waals surface area (Å²) in [5.41, 5.74) is 1.05. The Bertz CT molecular complexity index is 1250. The van der Waals surface area contributed by atoms with E-state index in [1.165, 1.54) is 22.8 Å². The molecule has 31 heavy (non-hydrogen) atoms. The third kappa shape index (κ3) is 3.93. The highest BCUT2D eigenvalue weighted by atomic mass is 32.2. The van der Waals surface area contributed by atoms with Gasteiger partial charge in [0.15, 0.2) is 5.84 Å². The second-order valence-electron chi connectivity index (χ2n) is 6.68. The topological polar surface area (TPSA) is 91.2 Å². The number of hydrogen-bond acceptors (Lipinski definition) is 6. The highest BCUT2D eigenvalue weighted by Gasteiger charge is 2.36. The van der Waals surface area contributed by atoms with E-state index in [4.69, 9.17) is 14.6 Å². The predicted molar refractivity (Wildman–Crippen MR) is 121 cm³/mol. The van der Waals surface area contributed by atoms with Gasteiger partial charge in [-0.2, -0.15) is 15.1 Å². The van der Waals surface area contributed by atoms with Crippen LogP contribution in [0.5, 0.6) is 5.75 Å². The number of para-hydroxylation sites is 1. The molecule has 0 saturated heterocycles. The maximum absolute atomic E-state index is 12.6. The molecule has 0 aliphatic carbocycles. The number of benzene rings is 2. The van der Waals surface area contributed by atoms with Gasteiger partial charge in [0.2, 0.25) is 5.17 Å². The number of carbonyl (C=O) groups excluding carboxylic acids is 1. The molecule has 0 bridgehead atoms. The first-order valence-electron chi connectivity index (χ1n) is 9.49. The number of furan rings is 1. The summed E-state index contributed by atoms with van der Waals surface area (Å²) in [6, 6.07) is 22.6. The predicted octanol–water partition coefficient (Wildman–Crippen LogP) is 4.64. The summed E-state index contributed by atoms with van der Waals surface area (Å²) in [5, 5.41) is 15.2. The van der Waals surface area contributed by atoms with Gasteiger partial charge >= 0.3 is 0 Å². The molecule has 0 spiro atoms. The Morgan fingerprint density at radius 2 is 1.77 bits per heavy atom. The number of fused-ring (bicyclic) bond motifs is 1. The maximum Gasteiger partial charge on any atom is 0.283 e. The fourth-order valence-corrected chi connectivity index (χ4v) is 3.88. The molecule has 0 radical (unpaired) electrons. The van der Waals surface area contributed by atoms with Crippen molar-refractivity contribution in [1.29, 1.82) is 5.41 Å². The van der Waals surface area contributed by atoms with Gasteiger partial charge in [-0.1, -0.05) is 48.5 Å². The summed E-state index contributed by atoms with van der Waals surface area (Å²) in [7, 11) is 0. The molecule has 3 heterocycles. The van der Waals surface area contributed by atoms with E-state index in [0.717, 1.165) is 11.3 Å². The minimum absolute atomic E-state index is 0.0464. The highest BCUT2D eigenvalue weighted by molar-refractivity contribution is 8.27. The zero-order valence-electron chi connectivity index (χ0n) is 16.2. The Hall–Kier alpha value is -3.91. The minimum atomic E-state index is -0.498. The Balaban J connectivity index is 1.35. The number of ether oxygens (including phenoxy) is 1. The second kappa shape index (κ2) is 8.08. The van der Waals surface area contributed by atoms with Crippen molar-refractivity contribution < 1.29 is 13.9 Å². The van der Waals surface area contributed by atoms with Crippen molar-refractivity contribution in [1.82, 2.24) is 5.01 Å². The van der Waals surface area contributed by atoms with E-state index < -0.39 is 5.91 Å². The number of thioether (sulfide) groups is 1. The molecule has 7 nitrogen and oxygen atoms in total. The molecule has 0 atom stereocenters. The van der Waals surface area contributed by atoms with E-state index in [2.05, 4.69) is 10.1 Å². The molecule has 0 saturated carbocycles. The number of hydrogen-bond donors (Lipinski definition) is 1. The van der Waals surface area contributed by atoms with Gasteiger partial charge in [0.05, 0.1) is 5.57 Å². The number of rotatable bonds is 5. The molecule has 3 aromatic rings. The summed E-state index contributed by atoms with van der Waals surface area (Å²) in [4.78, 5) is 16.6. The van der Waals surface area contributed by atoms with E-state index in [1.807, 2.05) is 66.7 Å². The van der Waals surface area contributed by atoms with Crippen molar-refractivity contribution in [3.63, 3.8) is 0 Å². The smallest absolute Gasteiger partial charge is 0.283 e. The van der Waals surface area contributed by atoms with Gasteiger partial charge in [-0.05, 0) is 42.1 Å². The van der Waals surface area contributed by atoms with E-state index in [1.54, 1.807) is 6.07 Å². The standard InChI is InChI=1S/C23H16N4O3S/c24-21-18(13-17-11-12-19(30-17)15-7-3-1-4-8-15)22(28)25-23-27(21)26-20(31-23)14-29-16-9-5-2-6-10-16/h1-13,24H,14H2/b18-13-,24-21?. The van der Waals surface area contributed by atoms with Gasteiger partial charge in [-0.25, -0.2) is 0 Å². The van der Waals surface area contributed by atoms with E-state index in [-0.39, 0.29) is 18.0 Å². The Morgan fingerprint density at radius 1 is 1.03 bits per heavy atom. The SMILES string of the molecule is N=C1/C(=C/c2ccc(-c3ccccc3)o2)C(=O)N=C2SC(COc3ccccc3)=NN12. The lowest BCUT2D eigenvalue weighted by Gasteiger charge is -2.19. The van der Waals surface area contributed by atoms with Crippen LogP contribution in [0, 0.1) is 5.41 Å². The average Bonchev–Trinajstić information content (AvgIpc) is 3.44. The molecule has 152 valence electrons. The normalized spacial score (nSPS) is 16.9. The second-order valence-corrected chi connectivity index (χ2v) is 7.72. The minimum Gasteiger partial charge on any atom is -0.487 e. The van der Waals surface area contributed by atoms with Crippen LogP contribution in [0.25, 0.3) is 17.4 Å². The van der Waals surface area contributed by atoms with Crippen LogP contribution in [0.2, 0.25) is 0 Å². The van der Waals surface area contributed by atoms with E-state index >= 15 is 0 Å². The molecule has 5 rings (SSSR count). The summed E-state index contributed by atoms with van der Waals surface area (Å²) in [6.45, 7) is 0.226. The first-order valence-corrected chi connectivity index (χ1v) is 10.3. The van der Waals surface area contributed by atoms with Crippen molar-refractivity contribution >= 4 is 39.8 Å². The lowest BCUT2D eigenvalue weighted by Crippen LogP contribution is -2.35. The molecule has 2 aliphatic rings. The van der Waals surface area contributed by atoms with Crippen LogP contribution >= 0.6 is 11.8 Å². The Morgan fingerprint density at radius 3 is 2.55 bits per heavy atom. The number of aliphatic imine (C=N–C) groups is 1. The largest absolute Gasteiger partial charge is 0.487 e. The van der Waals surface area contributed by atoms with Crippen molar-refractivity contribution in [3.8, 4) is 17.1 Å². The molecule has 1 amide bonds. The van der Waals surface area contributed by atoms with Crippen LogP contribution in [0.3, 0.4) is 0 Å². The molecule has 2 aromatic carbocycles. The first kappa shape index (κ1) is 19.1. The van der Waals surface area contributed by atoms with Crippen LogP contribution in [0.4, 0.5) is 0 Å². The van der Waals surface area contributed by atoms with Crippen LogP contribution in [0.1, 0.15) is 5.76 Å². The average molecular weight is 428 g/mol. The van der Waals surface area contributed by atoms with E-state index in [9.17, 15) is 4.79 Å². The number of amidine groups is 2. The Labute approximate surface area is 182 Å². The zero-order chi connectivity index (χ0) is 21.2. The van der Waals surface area contributed by atoms with Gasteiger partial charge < -0.3 is 9.15 Å². The van der Waals surface area contributed by atoms with Crippen molar-refractivity contribution in [2.45, 2.75) is 0 Å². The quantitative estimate of drug-likeness (QED) is 0.598. The summed E-state index contributed by atoms with van der Waals surface area (Å²) < 4.78 is 11.5. The summed E-state index contributed by atoms with van der Waals surface area (Å²) in [5.74, 6) is 1.32. The van der Waals surface area contributed by atoms with Crippen LogP contribution in [-0.4, -0.2) is 33.6 Å². The van der Waals surface area contributed by atoms with Gasteiger partial charge in [-0.15, -0.1) is 0 Å². The van der Waals surface area contributed by atoms with Gasteiger partial charge in [0.25, 0.3) is 5.91 Å². The maximum atomic E-state index is 12.6. The van der Waals surface area contributed by atoms with Gasteiger partial charge in [-0.3, -0.25) is 10.2 Å². The monoisotopic (exact) mass is 428 g/mol. The first-order chi connectivity index (χ1) is 15.2. The number of nitrogens with one attached hydrogen (secondary N) is 1. The third-order valence-electron chi connectivity index (χ3n) is 4.57. The van der Waals surface area contributed by atoms with Crippen molar-refractivity contribution in [3.05, 3.63) is 84.1 Å². The molecular weight excluding hydrogens is 412 g/mol. The summed E-state index contributed by atoms with van der Waals surface area (Å²) in [6.07, 6.45) is 1.52. The molecule has 0 unspecified atom stereocenters. The summed E-state index contributed by atoms with van der Waals surface area (Å²) >= 11 is 1.22. The Kier molecular flexibility index (Phi) is 4.97. The third-order valence-corrected chi connectivity index (χ3v) is 5.46. The fourth-order valence-electron chi connectivity index (χ4n) is 3.08.